The van der Waals surface area contributed by atoms with Crippen molar-refractivity contribution < 1.29 is 18.9 Å². The molecule has 4 aromatic carbocycles. The zero-order valence-corrected chi connectivity index (χ0v) is 21.1. The van der Waals surface area contributed by atoms with Crippen LogP contribution in [0.1, 0.15) is 22.3 Å². The summed E-state index contributed by atoms with van der Waals surface area (Å²) in [4.78, 5) is 0. The summed E-state index contributed by atoms with van der Waals surface area (Å²) in [6, 6.07) is 31.5. The molecule has 1 heterocycles. The van der Waals surface area contributed by atoms with E-state index in [1.54, 1.807) is 0 Å². The van der Waals surface area contributed by atoms with E-state index in [0.29, 0.717) is 47.6 Å². The van der Waals surface area contributed by atoms with E-state index < -0.39 is 12.6 Å². The molecule has 0 amide bonds. The van der Waals surface area contributed by atoms with Crippen LogP contribution in [0.2, 0.25) is 10.0 Å². The van der Waals surface area contributed by atoms with Crippen LogP contribution in [0, 0.1) is 0 Å². The van der Waals surface area contributed by atoms with E-state index in [9.17, 15) is 0 Å². The summed E-state index contributed by atoms with van der Waals surface area (Å²) in [6.45, 7) is 0.813. The number of rotatable bonds is 8. The fourth-order valence-electron chi connectivity index (χ4n) is 4.15. The molecule has 1 aliphatic heterocycles. The maximum absolute atomic E-state index is 6.32. The van der Waals surface area contributed by atoms with Gasteiger partial charge in [-0.1, -0.05) is 83.9 Å². The zero-order chi connectivity index (χ0) is 24.7. The Balaban J connectivity index is 1.36. The number of hydrogen-bond acceptors (Lipinski definition) is 4. The molecule has 0 aromatic heterocycles. The van der Waals surface area contributed by atoms with Gasteiger partial charge in [-0.3, -0.25) is 0 Å². The molecule has 2 atom stereocenters. The monoisotopic (exact) mass is 520 g/mol. The van der Waals surface area contributed by atoms with Crippen LogP contribution >= 0.6 is 23.2 Å². The number of benzene rings is 4. The molecule has 5 rings (SSSR count). The van der Waals surface area contributed by atoms with Gasteiger partial charge in [-0.2, -0.15) is 0 Å². The Morgan fingerprint density at radius 1 is 0.583 bits per heavy atom. The van der Waals surface area contributed by atoms with Crippen LogP contribution in [-0.4, -0.2) is 25.8 Å². The lowest BCUT2D eigenvalue weighted by Crippen LogP contribution is -2.46. The Kier molecular flexibility index (Phi) is 8.09. The molecule has 184 valence electrons. The third kappa shape index (κ3) is 6.40. The second-order valence-electron chi connectivity index (χ2n) is 8.54. The highest BCUT2D eigenvalue weighted by atomic mass is 35.5. The van der Waals surface area contributed by atoms with Crippen LogP contribution in [0.4, 0.5) is 0 Å². The molecule has 1 fully saturated rings. The maximum Gasteiger partial charge on any atom is 0.263 e. The highest BCUT2D eigenvalue weighted by Crippen LogP contribution is 2.31. The van der Waals surface area contributed by atoms with Crippen LogP contribution < -0.4 is 9.47 Å². The maximum atomic E-state index is 6.32. The minimum absolute atomic E-state index is 0.406. The summed E-state index contributed by atoms with van der Waals surface area (Å²) in [7, 11) is 0. The fraction of sp³-hybridized carbons (Fsp3) is 0.200. The molecule has 0 saturated carbocycles. The van der Waals surface area contributed by atoms with Gasteiger partial charge in [-0.15, -0.1) is 0 Å². The molecular formula is C30H26Cl2O4. The summed E-state index contributed by atoms with van der Waals surface area (Å²) in [5, 5.41) is 1.29. The predicted octanol–water partition coefficient (Wildman–Crippen LogP) is 7.33. The molecule has 0 spiro atoms. The Bertz CT molecular complexity index is 1180. The topological polar surface area (TPSA) is 36.9 Å². The Morgan fingerprint density at radius 3 is 1.42 bits per heavy atom. The molecule has 1 aliphatic rings. The first-order valence-electron chi connectivity index (χ1n) is 11.9. The lowest BCUT2D eigenvalue weighted by atomic mass is 10.0. The van der Waals surface area contributed by atoms with E-state index in [0.717, 1.165) is 22.3 Å². The quantitative estimate of drug-likeness (QED) is 0.243. The highest BCUT2D eigenvalue weighted by molar-refractivity contribution is 6.31. The van der Waals surface area contributed by atoms with Gasteiger partial charge in [0, 0.05) is 34.0 Å². The molecule has 4 aromatic rings. The first kappa shape index (κ1) is 24.7. The van der Waals surface area contributed by atoms with Gasteiger partial charge in [0.05, 0.1) is 13.2 Å². The van der Waals surface area contributed by atoms with Crippen LogP contribution in [0.5, 0.6) is 11.5 Å². The standard InChI is InChI=1S/C30H26Cl2O4/c31-25-11-13-27(23(19-25)17-21-7-3-1-4-8-21)35-29-30(34-16-15-33-29)36-28-14-12-26(32)20-24(28)18-22-9-5-2-6-10-22/h1-14,19-20,29-30H,15-18H2/t29-,30+. The van der Waals surface area contributed by atoms with Gasteiger partial charge in [0.1, 0.15) is 11.5 Å². The third-order valence-corrected chi connectivity index (χ3v) is 6.35. The van der Waals surface area contributed by atoms with Gasteiger partial charge in [0.25, 0.3) is 12.6 Å². The largest absolute Gasteiger partial charge is 0.458 e. The summed E-state index contributed by atoms with van der Waals surface area (Å²) in [6.07, 6.45) is -0.160. The second-order valence-corrected chi connectivity index (χ2v) is 9.42. The molecule has 0 N–H and O–H groups in total. The Morgan fingerprint density at radius 2 is 1.00 bits per heavy atom. The molecule has 1 saturated heterocycles. The first-order valence-corrected chi connectivity index (χ1v) is 12.6. The SMILES string of the molecule is Clc1ccc(O[C@H]2OCCO[C@H]2Oc2ccc(Cl)cc2Cc2ccccc2)c(Cc2ccccc2)c1. The lowest BCUT2D eigenvalue weighted by Gasteiger charge is -2.32. The summed E-state index contributed by atoms with van der Waals surface area (Å²) in [5.74, 6) is 1.35. The van der Waals surface area contributed by atoms with Crippen molar-refractivity contribution in [1.29, 1.82) is 0 Å². The summed E-state index contributed by atoms with van der Waals surface area (Å²) < 4.78 is 24.6. The molecular weight excluding hydrogens is 495 g/mol. The van der Waals surface area contributed by atoms with E-state index in [1.165, 1.54) is 0 Å². The molecule has 0 unspecified atom stereocenters. The van der Waals surface area contributed by atoms with Crippen molar-refractivity contribution in [2.45, 2.75) is 25.4 Å². The van der Waals surface area contributed by atoms with Crippen molar-refractivity contribution in [3.8, 4) is 11.5 Å². The lowest BCUT2D eigenvalue weighted by molar-refractivity contribution is -0.271. The minimum atomic E-state index is -0.755. The average molecular weight is 521 g/mol. The van der Waals surface area contributed by atoms with Crippen molar-refractivity contribution in [3.05, 3.63) is 129 Å². The van der Waals surface area contributed by atoms with Crippen molar-refractivity contribution in [3.63, 3.8) is 0 Å². The molecule has 36 heavy (non-hydrogen) atoms. The fourth-order valence-corrected chi connectivity index (χ4v) is 4.54. The van der Waals surface area contributed by atoms with Gasteiger partial charge in [-0.25, -0.2) is 0 Å². The van der Waals surface area contributed by atoms with Gasteiger partial charge in [0.15, 0.2) is 0 Å². The van der Waals surface area contributed by atoms with Crippen molar-refractivity contribution in [2.24, 2.45) is 0 Å². The van der Waals surface area contributed by atoms with Crippen LogP contribution in [0.25, 0.3) is 0 Å². The average Bonchev–Trinajstić information content (AvgIpc) is 2.89. The van der Waals surface area contributed by atoms with Crippen molar-refractivity contribution in [1.82, 2.24) is 0 Å². The third-order valence-electron chi connectivity index (χ3n) is 5.88. The normalized spacial score (nSPS) is 17.5. The van der Waals surface area contributed by atoms with E-state index >= 15 is 0 Å². The van der Waals surface area contributed by atoms with E-state index in [4.69, 9.17) is 42.1 Å². The summed E-state index contributed by atoms with van der Waals surface area (Å²) >= 11 is 12.6. The highest BCUT2D eigenvalue weighted by Gasteiger charge is 2.32. The molecule has 6 heteroatoms. The number of hydrogen-bond donors (Lipinski definition) is 0. The smallest absolute Gasteiger partial charge is 0.263 e. The molecule has 0 radical (unpaired) electrons. The molecule has 0 bridgehead atoms. The minimum Gasteiger partial charge on any atom is -0.458 e. The Labute approximate surface area is 221 Å². The van der Waals surface area contributed by atoms with Crippen LogP contribution in [0.3, 0.4) is 0 Å². The first-order chi connectivity index (χ1) is 17.6. The predicted molar refractivity (Wildman–Crippen MR) is 142 cm³/mol. The van der Waals surface area contributed by atoms with Gasteiger partial charge in [-0.05, 0) is 47.5 Å². The van der Waals surface area contributed by atoms with E-state index in [-0.39, 0.29) is 0 Å². The number of halogens is 2. The Hall–Kier alpha value is -3.02. The number of ether oxygens (including phenoxy) is 4. The van der Waals surface area contributed by atoms with Crippen LogP contribution in [-0.2, 0) is 22.3 Å². The van der Waals surface area contributed by atoms with Crippen molar-refractivity contribution >= 4 is 23.2 Å². The van der Waals surface area contributed by atoms with E-state index in [2.05, 4.69) is 24.3 Å². The van der Waals surface area contributed by atoms with Gasteiger partial charge >= 0.3 is 0 Å². The van der Waals surface area contributed by atoms with Crippen molar-refractivity contribution in [2.75, 3.05) is 13.2 Å². The van der Waals surface area contributed by atoms with E-state index in [1.807, 2.05) is 72.8 Å². The summed E-state index contributed by atoms with van der Waals surface area (Å²) in [5.41, 5.74) is 4.23. The second kappa shape index (κ2) is 11.8. The van der Waals surface area contributed by atoms with Gasteiger partial charge < -0.3 is 18.9 Å². The molecule has 4 nitrogen and oxygen atoms in total. The molecule has 0 aliphatic carbocycles. The zero-order valence-electron chi connectivity index (χ0n) is 19.6. The van der Waals surface area contributed by atoms with Gasteiger partial charge in [0.2, 0.25) is 0 Å². The van der Waals surface area contributed by atoms with Crippen LogP contribution in [0.15, 0.2) is 97.1 Å².